The lowest BCUT2D eigenvalue weighted by atomic mass is 9.94. The molecule has 0 aliphatic rings. The molecule has 0 aliphatic heterocycles. The SMILES string of the molecule is CCC(C)(CCO)NC(=O)CCc1cccs1. The van der Waals surface area contributed by atoms with Gasteiger partial charge in [-0.15, -0.1) is 11.3 Å². The maximum atomic E-state index is 11.8. The van der Waals surface area contributed by atoms with Crippen LogP contribution in [0.2, 0.25) is 0 Å². The first-order valence-corrected chi connectivity index (χ1v) is 6.92. The maximum absolute atomic E-state index is 11.8. The highest BCUT2D eigenvalue weighted by atomic mass is 32.1. The Labute approximate surface area is 107 Å². The summed E-state index contributed by atoms with van der Waals surface area (Å²) in [6, 6.07) is 4.05. The van der Waals surface area contributed by atoms with E-state index in [1.807, 2.05) is 31.4 Å². The van der Waals surface area contributed by atoms with Gasteiger partial charge in [0.1, 0.15) is 0 Å². The number of amides is 1. The number of carbonyl (C=O) groups excluding carboxylic acids is 1. The quantitative estimate of drug-likeness (QED) is 0.785. The second kappa shape index (κ2) is 6.77. The third-order valence-corrected chi connectivity index (χ3v) is 4.00. The summed E-state index contributed by atoms with van der Waals surface area (Å²) in [6.07, 6.45) is 2.75. The van der Waals surface area contributed by atoms with E-state index in [-0.39, 0.29) is 18.1 Å². The summed E-state index contributed by atoms with van der Waals surface area (Å²) in [7, 11) is 0. The standard InChI is InChI=1S/C13H21NO2S/c1-3-13(2,8-9-15)14-12(16)7-6-11-5-4-10-17-11/h4-5,10,15H,3,6-9H2,1-2H3,(H,14,16). The Balaban J connectivity index is 2.37. The first-order valence-electron chi connectivity index (χ1n) is 6.04. The topological polar surface area (TPSA) is 49.3 Å². The van der Waals surface area contributed by atoms with E-state index >= 15 is 0 Å². The molecule has 0 bridgehead atoms. The maximum Gasteiger partial charge on any atom is 0.220 e. The largest absolute Gasteiger partial charge is 0.396 e. The van der Waals surface area contributed by atoms with Crippen molar-refractivity contribution in [1.29, 1.82) is 0 Å². The van der Waals surface area contributed by atoms with Crippen molar-refractivity contribution in [3.8, 4) is 0 Å². The number of thiophene rings is 1. The van der Waals surface area contributed by atoms with E-state index in [2.05, 4.69) is 5.32 Å². The van der Waals surface area contributed by atoms with Crippen molar-refractivity contribution in [2.24, 2.45) is 0 Å². The van der Waals surface area contributed by atoms with Gasteiger partial charge in [-0.3, -0.25) is 4.79 Å². The van der Waals surface area contributed by atoms with E-state index in [1.165, 1.54) is 4.88 Å². The number of aryl methyl sites for hydroxylation is 1. The van der Waals surface area contributed by atoms with Crippen LogP contribution >= 0.6 is 11.3 Å². The van der Waals surface area contributed by atoms with E-state index in [1.54, 1.807) is 11.3 Å². The van der Waals surface area contributed by atoms with Crippen molar-refractivity contribution in [3.63, 3.8) is 0 Å². The van der Waals surface area contributed by atoms with Gasteiger partial charge in [0.2, 0.25) is 5.91 Å². The summed E-state index contributed by atoms with van der Waals surface area (Å²) >= 11 is 1.68. The van der Waals surface area contributed by atoms with Gasteiger partial charge >= 0.3 is 0 Å². The Morgan fingerprint density at radius 3 is 2.88 bits per heavy atom. The van der Waals surface area contributed by atoms with Gasteiger partial charge in [-0.25, -0.2) is 0 Å². The number of rotatable bonds is 7. The van der Waals surface area contributed by atoms with Crippen LogP contribution in [0.15, 0.2) is 17.5 Å². The zero-order valence-electron chi connectivity index (χ0n) is 10.5. The molecule has 0 saturated carbocycles. The lowest BCUT2D eigenvalue weighted by Gasteiger charge is -2.29. The summed E-state index contributed by atoms with van der Waals surface area (Å²) in [5, 5.41) is 14.0. The van der Waals surface area contributed by atoms with Crippen molar-refractivity contribution >= 4 is 17.2 Å². The molecule has 96 valence electrons. The van der Waals surface area contributed by atoms with Crippen LogP contribution in [0.4, 0.5) is 0 Å². The minimum absolute atomic E-state index is 0.0659. The van der Waals surface area contributed by atoms with E-state index < -0.39 is 0 Å². The molecule has 1 aromatic heterocycles. The molecule has 1 aromatic rings. The average Bonchev–Trinajstić information content (AvgIpc) is 2.79. The Morgan fingerprint density at radius 2 is 2.35 bits per heavy atom. The second-order valence-electron chi connectivity index (χ2n) is 4.52. The molecule has 1 unspecified atom stereocenters. The highest BCUT2D eigenvalue weighted by molar-refractivity contribution is 7.09. The van der Waals surface area contributed by atoms with Gasteiger partial charge in [-0.2, -0.15) is 0 Å². The molecule has 0 aliphatic carbocycles. The number of carbonyl (C=O) groups is 1. The van der Waals surface area contributed by atoms with Crippen molar-refractivity contribution < 1.29 is 9.90 Å². The minimum atomic E-state index is -0.277. The molecule has 4 heteroatoms. The average molecular weight is 255 g/mol. The van der Waals surface area contributed by atoms with Crippen molar-refractivity contribution in [1.82, 2.24) is 5.32 Å². The number of aliphatic hydroxyl groups is 1. The van der Waals surface area contributed by atoms with Gasteiger partial charge in [0.25, 0.3) is 0 Å². The zero-order valence-corrected chi connectivity index (χ0v) is 11.3. The van der Waals surface area contributed by atoms with Crippen molar-refractivity contribution in [2.45, 2.75) is 45.1 Å². The highest BCUT2D eigenvalue weighted by Gasteiger charge is 2.23. The molecular weight excluding hydrogens is 234 g/mol. The Kier molecular flexibility index (Phi) is 5.65. The monoisotopic (exact) mass is 255 g/mol. The molecule has 2 N–H and O–H groups in total. The lowest BCUT2D eigenvalue weighted by molar-refractivity contribution is -0.123. The van der Waals surface area contributed by atoms with Crippen molar-refractivity contribution in [2.75, 3.05) is 6.61 Å². The summed E-state index contributed by atoms with van der Waals surface area (Å²) < 4.78 is 0. The molecule has 1 atom stereocenters. The highest BCUT2D eigenvalue weighted by Crippen LogP contribution is 2.15. The van der Waals surface area contributed by atoms with Crippen LogP contribution in [-0.2, 0) is 11.2 Å². The Hall–Kier alpha value is -0.870. The molecular formula is C13H21NO2S. The lowest BCUT2D eigenvalue weighted by Crippen LogP contribution is -2.46. The minimum Gasteiger partial charge on any atom is -0.396 e. The molecule has 0 saturated heterocycles. The Morgan fingerprint density at radius 1 is 1.59 bits per heavy atom. The first-order chi connectivity index (χ1) is 8.09. The summed E-state index contributed by atoms with van der Waals surface area (Å²) in [6.45, 7) is 4.11. The zero-order chi connectivity index (χ0) is 12.7. The van der Waals surface area contributed by atoms with Gasteiger partial charge in [0.15, 0.2) is 0 Å². The third kappa shape index (κ3) is 4.88. The molecule has 0 radical (unpaired) electrons. The molecule has 0 spiro atoms. The number of nitrogens with one attached hydrogen (secondary N) is 1. The van der Waals surface area contributed by atoms with E-state index in [9.17, 15) is 4.79 Å². The fraction of sp³-hybridized carbons (Fsp3) is 0.615. The van der Waals surface area contributed by atoms with Gasteiger partial charge in [-0.05, 0) is 37.6 Å². The molecule has 1 amide bonds. The van der Waals surface area contributed by atoms with Gasteiger partial charge in [0.05, 0.1) is 0 Å². The molecule has 1 heterocycles. The number of aliphatic hydroxyl groups excluding tert-OH is 1. The summed E-state index contributed by atoms with van der Waals surface area (Å²) in [5.74, 6) is 0.0659. The number of hydrogen-bond acceptors (Lipinski definition) is 3. The van der Waals surface area contributed by atoms with Crippen molar-refractivity contribution in [3.05, 3.63) is 22.4 Å². The summed E-state index contributed by atoms with van der Waals surface area (Å²) in [5.41, 5.74) is -0.277. The predicted octanol–water partition coefficient (Wildman–Crippen LogP) is 2.35. The molecule has 1 rings (SSSR count). The third-order valence-electron chi connectivity index (χ3n) is 3.06. The smallest absolute Gasteiger partial charge is 0.220 e. The van der Waals surface area contributed by atoms with Crippen LogP contribution < -0.4 is 5.32 Å². The van der Waals surface area contributed by atoms with Crippen LogP contribution in [0.25, 0.3) is 0 Å². The normalized spacial score (nSPS) is 14.3. The van der Waals surface area contributed by atoms with Gasteiger partial charge < -0.3 is 10.4 Å². The molecule has 17 heavy (non-hydrogen) atoms. The van der Waals surface area contributed by atoms with E-state index in [0.717, 1.165) is 12.8 Å². The van der Waals surface area contributed by atoms with E-state index in [4.69, 9.17) is 5.11 Å². The predicted molar refractivity (Wildman–Crippen MR) is 71.2 cm³/mol. The van der Waals surface area contributed by atoms with Crippen LogP contribution in [0.3, 0.4) is 0 Å². The molecule has 0 fully saturated rings. The number of hydrogen-bond donors (Lipinski definition) is 2. The molecule has 3 nitrogen and oxygen atoms in total. The van der Waals surface area contributed by atoms with Gasteiger partial charge in [0, 0.05) is 23.4 Å². The fourth-order valence-electron chi connectivity index (χ4n) is 1.67. The van der Waals surface area contributed by atoms with Crippen LogP contribution in [0.1, 0.15) is 38.0 Å². The molecule has 0 aromatic carbocycles. The Bertz CT molecular complexity index is 337. The van der Waals surface area contributed by atoms with Gasteiger partial charge in [-0.1, -0.05) is 13.0 Å². The first kappa shape index (κ1) is 14.2. The van der Waals surface area contributed by atoms with Crippen LogP contribution in [-0.4, -0.2) is 23.2 Å². The summed E-state index contributed by atoms with van der Waals surface area (Å²) in [4.78, 5) is 13.0. The second-order valence-corrected chi connectivity index (χ2v) is 5.55. The fourth-order valence-corrected chi connectivity index (χ4v) is 2.37. The van der Waals surface area contributed by atoms with E-state index in [0.29, 0.717) is 12.8 Å². The van der Waals surface area contributed by atoms with Crippen LogP contribution in [0, 0.1) is 0 Å². The van der Waals surface area contributed by atoms with Crippen LogP contribution in [0.5, 0.6) is 0 Å².